The summed E-state index contributed by atoms with van der Waals surface area (Å²) in [5.74, 6) is 0. The van der Waals surface area contributed by atoms with E-state index in [0.717, 1.165) is 11.4 Å². The second-order valence-corrected chi connectivity index (χ2v) is 20.4. The van der Waals surface area contributed by atoms with Crippen LogP contribution in [0.3, 0.4) is 0 Å². The molecular formula is C68H50N2. The molecule has 0 aliphatic heterocycles. The predicted octanol–water partition coefficient (Wildman–Crippen LogP) is 19.0. The molecule has 0 saturated heterocycles. The van der Waals surface area contributed by atoms with Crippen molar-refractivity contribution in [2.45, 2.75) is 38.5 Å². The average molecular weight is 895 g/mol. The van der Waals surface area contributed by atoms with E-state index in [0.29, 0.717) is 0 Å². The molecule has 14 rings (SSSR count). The van der Waals surface area contributed by atoms with Gasteiger partial charge in [-0.1, -0.05) is 210 Å². The Kier molecular flexibility index (Phi) is 8.71. The minimum absolute atomic E-state index is 0.321. The second-order valence-electron chi connectivity index (χ2n) is 20.4. The zero-order valence-corrected chi connectivity index (χ0v) is 39.8. The van der Waals surface area contributed by atoms with E-state index in [1.54, 1.807) is 0 Å². The quantitative estimate of drug-likeness (QED) is 0.164. The van der Waals surface area contributed by atoms with Gasteiger partial charge in [0.25, 0.3) is 0 Å². The lowest BCUT2D eigenvalue weighted by atomic mass is 9.71. The van der Waals surface area contributed by atoms with E-state index in [-0.39, 0.29) is 10.8 Å². The summed E-state index contributed by atoms with van der Waals surface area (Å²) in [6.45, 7) is 9.90. The van der Waals surface area contributed by atoms with Crippen molar-refractivity contribution in [3.8, 4) is 22.3 Å². The van der Waals surface area contributed by atoms with Crippen LogP contribution < -0.4 is 9.80 Å². The fourth-order valence-electron chi connectivity index (χ4n) is 12.8. The highest BCUT2D eigenvalue weighted by atomic mass is 15.2. The maximum atomic E-state index is 2.51. The van der Waals surface area contributed by atoms with Crippen LogP contribution in [0.2, 0.25) is 0 Å². The van der Waals surface area contributed by atoms with Crippen molar-refractivity contribution in [1.29, 1.82) is 0 Å². The van der Waals surface area contributed by atoms with Crippen molar-refractivity contribution in [3.05, 3.63) is 253 Å². The van der Waals surface area contributed by atoms with Crippen LogP contribution in [0.1, 0.15) is 49.9 Å². The van der Waals surface area contributed by atoms with Gasteiger partial charge >= 0.3 is 0 Å². The van der Waals surface area contributed by atoms with Gasteiger partial charge in [0.2, 0.25) is 0 Å². The van der Waals surface area contributed by atoms with Gasteiger partial charge in [0, 0.05) is 43.7 Å². The predicted molar refractivity (Wildman–Crippen MR) is 298 cm³/mol. The Morgan fingerprint density at radius 1 is 0.271 bits per heavy atom. The molecule has 0 N–H and O–H groups in total. The maximum Gasteiger partial charge on any atom is 0.0540 e. The molecule has 332 valence electrons. The van der Waals surface area contributed by atoms with Crippen LogP contribution in [0, 0.1) is 0 Å². The van der Waals surface area contributed by atoms with Crippen LogP contribution in [0.4, 0.5) is 34.1 Å². The summed E-state index contributed by atoms with van der Waals surface area (Å²) in [6.07, 6.45) is 0. The standard InChI is InChI=1S/C68H50N2/c1-67(2)57-41-47(69(59-33-15-23-43-19-5-9-27-49(43)59)60-34-16-24-44-20-6-10-28-50(44)60)37-39-55(57)63-53-31-13-14-32-54(53)64-56-40-38-48(42-58(56)68(3,4)66(64)65(63)67)70(61-35-17-25-45-21-7-11-29-51(45)61)62-36-18-26-46-22-8-12-30-52(46)62/h5-42H,1-4H3. The van der Waals surface area contributed by atoms with Gasteiger partial charge in [-0.25, -0.2) is 0 Å². The first-order chi connectivity index (χ1) is 34.3. The number of hydrogen-bond acceptors (Lipinski definition) is 2. The Bertz CT molecular complexity index is 3710. The molecule has 0 atom stereocenters. The lowest BCUT2D eigenvalue weighted by molar-refractivity contribution is 0.602. The van der Waals surface area contributed by atoms with Crippen LogP contribution in [0.25, 0.3) is 76.1 Å². The van der Waals surface area contributed by atoms with E-state index in [9.17, 15) is 0 Å². The smallest absolute Gasteiger partial charge is 0.0540 e. The zero-order valence-electron chi connectivity index (χ0n) is 39.8. The van der Waals surface area contributed by atoms with Crippen LogP contribution in [0.5, 0.6) is 0 Å². The molecule has 70 heavy (non-hydrogen) atoms. The first kappa shape index (κ1) is 40.6. The van der Waals surface area contributed by atoms with Crippen molar-refractivity contribution in [2.75, 3.05) is 9.80 Å². The Morgan fingerprint density at radius 3 is 0.857 bits per heavy atom. The van der Waals surface area contributed by atoms with E-state index in [4.69, 9.17) is 0 Å². The van der Waals surface area contributed by atoms with E-state index < -0.39 is 0 Å². The zero-order chi connectivity index (χ0) is 46.9. The van der Waals surface area contributed by atoms with Crippen molar-refractivity contribution in [3.63, 3.8) is 0 Å². The molecule has 0 bridgehead atoms. The topological polar surface area (TPSA) is 6.48 Å². The third-order valence-corrected chi connectivity index (χ3v) is 15.9. The molecule has 2 nitrogen and oxygen atoms in total. The van der Waals surface area contributed by atoms with E-state index >= 15 is 0 Å². The SMILES string of the molecule is CC1(C)c2cc(N(c3cccc4ccccc34)c3cccc4ccccc34)ccc2-c2c1c1c(c3ccccc23)-c2ccc(N(c3cccc4ccccc34)c3cccc4ccccc34)cc2C1(C)C. The van der Waals surface area contributed by atoms with Crippen LogP contribution in [-0.2, 0) is 10.8 Å². The summed E-state index contributed by atoms with van der Waals surface area (Å²) >= 11 is 0. The van der Waals surface area contributed by atoms with E-state index in [1.807, 2.05) is 0 Å². The van der Waals surface area contributed by atoms with Gasteiger partial charge in [0.1, 0.15) is 0 Å². The molecular weight excluding hydrogens is 845 g/mol. The number of fused-ring (bicyclic) bond motifs is 14. The van der Waals surface area contributed by atoms with E-state index in [1.165, 1.54) is 121 Å². The highest BCUT2D eigenvalue weighted by molar-refractivity contribution is 6.14. The van der Waals surface area contributed by atoms with Crippen LogP contribution in [0.15, 0.2) is 231 Å². The van der Waals surface area contributed by atoms with Crippen molar-refractivity contribution in [2.24, 2.45) is 0 Å². The van der Waals surface area contributed by atoms with Crippen LogP contribution in [-0.4, -0.2) is 0 Å². The lowest BCUT2D eigenvalue weighted by Crippen LogP contribution is -2.24. The second kappa shape index (κ2) is 15.0. The molecule has 0 saturated carbocycles. The Labute approximate surface area is 409 Å². The number of rotatable bonds is 6. The summed E-state index contributed by atoms with van der Waals surface area (Å²) in [6, 6.07) is 85.8. The maximum absolute atomic E-state index is 2.51. The molecule has 0 radical (unpaired) electrons. The summed E-state index contributed by atoms with van der Waals surface area (Å²) < 4.78 is 0. The first-order valence-corrected chi connectivity index (χ1v) is 24.7. The fourth-order valence-corrected chi connectivity index (χ4v) is 12.8. The lowest BCUT2D eigenvalue weighted by Gasteiger charge is -2.33. The molecule has 0 aromatic heterocycles. The molecule has 0 heterocycles. The summed E-state index contributed by atoms with van der Waals surface area (Å²) in [4.78, 5) is 5.01. The molecule has 0 amide bonds. The largest absolute Gasteiger partial charge is 0.309 e. The number of nitrogens with zero attached hydrogens (tertiary/aromatic N) is 2. The van der Waals surface area contributed by atoms with Gasteiger partial charge in [-0.05, 0) is 125 Å². The Morgan fingerprint density at radius 2 is 0.543 bits per heavy atom. The van der Waals surface area contributed by atoms with Crippen molar-refractivity contribution < 1.29 is 0 Å². The Hall–Kier alpha value is -8.46. The third-order valence-electron chi connectivity index (χ3n) is 15.9. The number of hydrogen-bond donors (Lipinski definition) is 0. The number of benzene rings is 12. The molecule has 2 heteroatoms. The molecule has 12 aromatic carbocycles. The van der Waals surface area contributed by atoms with Gasteiger partial charge in [-0.15, -0.1) is 0 Å². The van der Waals surface area contributed by atoms with Crippen LogP contribution >= 0.6 is 0 Å². The third kappa shape index (κ3) is 5.74. The molecule has 0 fully saturated rings. The van der Waals surface area contributed by atoms with Gasteiger partial charge in [0.05, 0.1) is 22.7 Å². The molecule has 2 aliphatic carbocycles. The first-order valence-electron chi connectivity index (χ1n) is 24.7. The molecule has 0 spiro atoms. The van der Waals surface area contributed by atoms with Gasteiger partial charge in [-0.3, -0.25) is 0 Å². The number of anilines is 6. The highest BCUT2D eigenvalue weighted by Crippen LogP contribution is 2.63. The Balaban J connectivity index is 0.979. The average Bonchev–Trinajstić information content (AvgIpc) is 3.78. The van der Waals surface area contributed by atoms with Crippen molar-refractivity contribution >= 4 is 88.0 Å². The fraction of sp³-hybridized carbons (Fsp3) is 0.0882. The summed E-state index contributed by atoms with van der Waals surface area (Å²) in [5, 5.41) is 12.4. The minimum Gasteiger partial charge on any atom is -0.309 e. The monoisotopic (exact) mass is 894 g/mol. The summed E-state index contributed by atoms with van der Waals surface area (Å²) in [7, 11) is 0. The van der Waals surface area contributed by atoms with E-state index in [2.05, 4.69) is 268 Å². The minimum atomic E-state index is -0.321. The summed E-state index contributed by atoms with van der Waals surface area (Å²) in [5.41, 5.74) is 17.3. The normalized spacial score (nSPS) is 13.9. The molecule has 0 unspecified atom stereocenters. The van der Waals surface area contributed by atoms with Crippen molar-refractivity contribution in [1.82, 2.24) is 0 Å². The van der Waals surface area contributed by atoms with Gasteiger partial charge in [0.15, 0.2) is 0 Å². The molecule has 2 aliphatic rings. The highest BCUT2D eigenvalue weighted by Gasteiger charge is 2.48. The van der Waals surface area contributed by atoms with Gasteiger partial charge in [-0.2, -0.15) is 0 Å². The molecule has 12 aromatic rings. The van der Waals surface area contributed by atoms with Gasteiger partial charge < -0.3 is 9.80 Å².